The van der Waals surface area contributed by atoms with Gasteiger partial charge in [0.05, 0.1) is 28.6 Å². The molecule has 3 aliphatic rings. The van der Waals surface area contributed by atoms with Gasteiger partial charge in [-0.25, -0.2) is 0 Å². The Balaban J connectivity index is 1.55. The van der Waals surface area contributed by atoms with E-state index in [0.29, 0.717) is 42.9 Å². The van der Waals surface area contributed by atoms with Crippen LogP contribution in [0.5, 0.6) is 0 Å². The molecule has 1 N–H and O–H groups in total. The largest absolute Gasteiger partial charge is 0.396 e. The van der Waals surface area contributed by atoms with E-state index in [1.54, 1.807) is 32.9 Å². The molecule has 9 heteroatoms. The average Bonchev–Trinajstić information content (AvgIpc) is 3.66. The van der Waals surface area contributed by atoms with Gasteiger partial charge in [-0.15, -0.1) is 13.2 Å². The summed E-state index contributed by atoms with van der Waals surface area (Å²) in [5, 5.41) is 9.66. The van der Waals surface area contributed by atoms with E-state index in [0.717, 1.165) is 24.1 Å². The lowest BCUT2D eigenvalue weighted by Crippen LogP contribution is -2.57. The molecular weight excluding hydrogens is 578 g/mol. The van der Waals surface area contributed by atoms with Crippen LogP contribution in [-0.2, 0) is 19.1 Å². The molecule has 3 heterocycles. The third kappa shape index (κ3) is 5.59. The highest BCUT2D eigenvalue weighted by Gasteiger charge is 2.75. The zero-order valence-corrected chi connectivity index (χ0v) is 26.1. The topological polar surface area (TPSA) is 90.4 Å². The molecule has 2 aromatic carbocycles. The number of likely N-dealkylation sites (tertiary alicyclic amines) is 1. The zero-order valence-electron chi connectivity index (χ0n) is 25.4. The van der Waals surface area contributed by atoms with Gasteiger partial charge in [0, 0.05) is 31.9 Å². The van der Waals surface area contributed by atoms with Gasteiger partial charge in [0.1, 0.15) is 11.6 Å². The number of ether oxygens (including phenoxy) is 1. The molecule has 5 atom stereocenters. The van der Waals surface area contributed by atoms with Gasteiger partial charge in [-0.3, -0.25) is 14.4 Å². The standard InChI is InChI=1S/C35H42ClN3O5/c1-4-20-37(25-15-9-8-10-16-25)32(41)28-27-18-19-35(44-27)29(28)33(42)39(22-11-6-7-12-23-40)31(35)34(43)38(21-5-2)30-24(3)14-13-17-26(30)36/h4-5,8-10,13-17,27-29,31,40H,1-2,6-7,11-12,18-23H2,3H3/t27-,28+,29+,31?,35?/m1/s1. The number of aliphatic hydroxyl groups excluding tert-OH is 1. The second-order valence-corrected chi connectivity index (χ2v) is 12.3. The lowest BCUT2D eigenvalue weighted by atomic mass is 9.70. The van der Waals surface area contributed by atoms with Crippen molar-refractivity contribution in [3.8, 4) is 0 Å². The highest BCUT2D eigenvalue weighted by Crippen LogP contribution is 2.59. The summed E-state index contributed by atoms with van der Waals surface area (Å²) in [5.74, 6) is -2.20. The van der Waals surface area contributed by atoms with Crippen LogP contribution in [0.4, 0.5) is 11.4 Å². The minimum absolute atomic E-state index is 0.115. The fourth-order valence-corrected chi connectivity index (χ4v) is 7.80. The molecule has 234 valence electrons. The number of hydrogen-bond donors (Lipinski definition) is 1. The monoisotopic (exact) mass is 619 g/mol. The summed E-state index contributed by atoms with van der Waals surface area (Å²) in [6, 6.07) is 13.9. The van der Waals surface area contributed by atoms with Crippen LogP contribution in [0.3, 0.4) is 0 Å². The van der Waals surface area contributed by atoms with E-state index in [2.05, 4.69) is 13.2 Å². The minimum Gasteiger partial charge on any atom is -0.396 e. The summed E-state index contributed by atoms with van der Waals surface area (Å²) in [7, 11) is 0. The number of amides is 3. The van der Waals surface area contributed by atoms with Crippen LogP contribution in [0, 0.1) is 18.8 Å². The Labute approximate surface area is 264 Å². The Morgan fingerprint density at radius 2 is 1.73 bits per heavy atom. The van der Waals surface area contributed by atoms with Crippen molar-refractivity contribution in [3.05, 3.63) is 84.4 Å². The minimum atomic E-state index is -1.13. The molecule has 3 saturated heterocycles. The number of aliphatic hydroxyl groups is 1. The SMILES string of the molecule is C=CCN(C(=O)[C@@H]1[C@H]2C(=O)N(CCCCCCO)C(C(=O)N(CC=C)c3c(C)cccc3Cl)C23CC[C@H]1O3)c1ccccc1. The molecule has 2 bridgehead atoms. The molecule has 2 unspecified atom stereocenters. The third-order valence-electron chi connectivity index (χ3n) is 9.31. The van der Waals surface area contributed by atoms with Gasteiger partial charge in [-0.2, -0.15) is 0 Å². The number of halogens is 1. The predicted molar refractivity (Wildman–Crippen MR) is 173 cm³/mol. The summed E-state index contributed by atoms with van der Waals surface area (Å²) < 4.78 is 6.71. The van der Waals surface area contributed by atoms with Crippen LogP contribution in [0.15, 0.2) is 73.8 Å². The van der Waals surface area contributed by atoms with Gasteiger partial charge in [0.15, 0.2) is 0 Å². The van der Waals surface area contributed by atoms with Gasteiger partial charge in [-0.05, 0) is 56.4 Å². The molecular formula is C35H42ClN3O5. The van der Waals surface area contributed by atoms with E-state index in [9.17, 15) is 19.5 Å². The first-order valence-corrected chi connectivity index (χ1v) is 15.9. The molecule has 0 aromatic heterocycles. The summed E-state index contributed by atoms with van der Waals surface area (Å²) in [5.41, 5.74) is 0.999. The number of rotatable bonds is 14. The fourth-order valence-electron chi connectivity index (χ4n) is 7.47. The molecule has 2 aromatic rings. The molecule has 5 rings (SSSR count). The maximum Gasteiger partial charge on any atom is 0.253 e. The van der Waals surface area contributed by atoms with Crippen LogP contribution < -0.4 is 9.80 Å². The Hall–Kier alpha value is -3.46. The highest BCUT2D eigenvalue weighted by atomic mass is 35.5. The number of aryl methyl sites for hydroxylation is 1. The molecule has 0 aliphatic carbocycles. The van der Waals surface area contributed by atoms with Crippen LogP contribution >= 0.6 is 11.6 Å². The Morgan fingerprint density at radius 3 is 2.41 bits per heavy atom. The average molecular weight is 620 g/mol. The van der Waals surface area contributed by atoms with Crippen molar-refractivity contribution < 1.29 is 24.2 Å². The van der Waals surface area contributed by atoms with E-state index in [1.807, 2.05) is 49.4 Å². The number of benzene rings is 2. The molecule has 8 nitrogen and oxygen atoms in total. The first-order chi connectivity index (χ1) is 21.3. The Kier molecular flexibility index (Phi) is 9.93. The van der Waals surface area contributed by atoms with Gasteiger partial charge >= 0.3 is 0 Å². The van der Waals surface area contributed by atoms with Crippen LogP contribution in [0.2, 0.25) is 5.02 Å². The summed E-state index contributed by atoms with van der Waals surface area (Å²) in [6.45, 7) is 10.6. The lowest BCUT2D eigenvalue weighted by Gasteiger charge is -2.37. The number of hydrogen-bond acceptors (Lipinski definition) is 5. The summed E-state index contributed by atoms with van der Waals surface area (Å²) in [6.07, 6.45) is 6.91. The second-order valence-electron chi connectivity index (χ2n) is 11.9. The van der Waals surface area contributed by atoms with Gasteiger partial charge in [-0.1, -0.05) is 66.9 Å². The number of carbonyl (C=O) groups is 3. The van der Waals surface area contributed by atoms with Crippen LogP contribution in [0.25, 0.3) is 0 Å². The van der Waals surface area contributed by atoms with Crippen molar-refractivity contribution in [3.63, 3.8) is 0 Å². The van der Waals surface area contributed by atoms with E-state index < -0.39 is 29.6 Å². The van der Waals surface area contributed by atoms with Crippen molar-refractivity contribution in [2.24, 2.45) is 11.8 Å². The number of carbonyl (C=O) groups excluding carboxylic acids is 3. The highest BCUT2D eigenvalue weighted by molar-refractivity contribution is 6.34. The lowest BCUT2D eigenvalue weighted by molar-refractivity contribution is -0.140. The van der Waals surface area contributed by atoms with Crippen molar-refractivity contribution in [2.75, 3.05) is 36.0 Å². The molecule has 3 amide bonds. The first kappa shape index (κ1) is 31.9. The van der Waals surface area contributed by atoms with Crippen molar-refractivity contribution in [1.82, 2.24) is 4.90 Å². The first-order valence-electron chi connectivity index (χ1n) is 15.5. The fraction of sp³-hybridized carbons (Fsp3) is 0.457. The Bertz CT molecular complexity index is 1380. The number of unbranched alkanes of at least 4 members (excludes halogenated alkanes) is 3. The molecule has 0 saturated carbocycles. The number of para-hydroxylation sites is 2. The smallest absolute Gasteiger partial charge is 0.253 e. The number of nitrogens with zero attached hydrogens (tertiary/aromatic N) is 3. The van der Waals surface area contributed by atoms with Crippen molar-refractivity contribution in [2.45, 2.75) is 63.2 Å². The number of fused-ring (bicyclic) bond motifs is 1. The quantitative estimate of drug-likeness (QED) is 0.229. The molecule has 44 heavy (non-hydrogen) atoms. The summed E-state index contributed by atoms with van der Waals surface area (Å²) in [4.78, 5) is 48.6. The predicted octanol–water partition coefficient (Wildman–Crippen LogP) is 5.31. The molecule has 0 radical (unpaired) electrons. The molecule has 1 spiro atoms. The van der Waals surface area contributed by atoms with Gasteiger partial charge in [0.2, 0.25) is 11.8 Å². The summed E-state index contributed by atoms with van der Waals surface area (Å²) >= 11 is 6.66. The maximum absolute atomic E-state index is 14.8. The zero-order chi connectivity index (χ0) is 31.4. The molecule has 3 fully saturated rings. The normalized spacial score (nSPS) is 25.2. The van der Waals surface area contributed by atoms with E-state index in [-0.39, 0.29) is 37.4 Å². The van der Waals surface area contributed by atoms with Gasteiger partial charge in [0.25, 0.3) is 5.91 Å². The van der Waals surface area contributed by atoms with E-state index in [4.69, 9.17) is 16.3 Å². The van der Waals surface area contributed by atoms with E-state index in [1.165, 1.54) is 0 Å². The van der Waals surface area contributed by atoms with Crippen LogP contribution in [-0.4, -0.2) is 71.7 Å². The van der Waals surface area contributed by atoms with Crippen LogP contribution in [0.1, 0.15) is 44.1 Å². The third-order valence-corrected chi connectivity index (χ3v) is 9.61. The maximum atomic E-state index is 14.8. The Morgan fingerprint density at radius 1 is 1.02 bits per heavy atom. The number of anilines is 2. The molecule has 3 aliphatic heterocycles. The second kappa shape index (κ2) is 13.7. The van der Waals surface area contributed by atoms with E-state index >= 15 is 0 Å². The van der Waals surface area contributed by atoms with Crippen molar-refractivity contribution in [1.29, 1.82) is 0 Å². The van der Waals surface area contributed by atoms with Gasteiger partial charge < -0.3 is 24.5 Å². The van der Waals surface area contributed by atoms with Crippen molar-refractivity contribution >= 4 is 40.7 Å².